The van der Waals surface area contributed by atoms with Crippen LogP contribution in [0.1, 0.15) is 35.7 Å². The first-order valence-corrected chi connectivity index (χ1v) is 9.92. The van der Waals surface area contributed by atoms with Crippen molar-refractivity contribution >= 4 is 45.4 Å². The van der Waals surface area contributed by atoms with Crippen molar-refractivity contribution in [1.82, 2.24) is 4.98 Å². The fraction of sp³-hybridized carbons (Fsp3) is 0.158. The predicted octanol–water partition coefficient (Wildman–Crippen LogP) is 5.66. The molecule has 1 aromatic heterocycles. The van der Waals surface area contributed by atoms with Gasteiger partial charge in [0.05, 0.1) is 21.1 Å². The first kappa shape index (κ1) is 21.3. The summed E-state index contributed by atoms with van der Waals surface area (Å²) in [6.45, 7) is 4.19. The van der Waals surface area contributed by atoms with Crippen LogP contribution in [0, 0.1) is 20.2 Å². The molecule has 0 aliphatic heterocycles. The lowest BCUT2D eigenvalue weighted by atomic mass is 10.0. The zero-order chi connectivity index (χ0) is 22.0. The Balaban J connectivity index is 1.85. The minimum atomic E-state index is -0.881. The molecule has 0 aliphatic rings. The number of halogens is 1. The molecule has 154 valence electrons. The van der Waals surface area contributed by atoms with Gasteiger partial charge in [-0.15, -0.1) is 11.3 Å². The van der Waals surface area contributed by atoms with Crippen LogP contribution in [0.2, 0.25) is 5.02 Å². The van der Waals surface area contributed by atoms with Gasteiger partial charge in [-0.3, -0.25) is 30.3 Å². The number of nitro groups is 2. The molecule has 2 aromatic carbocycles. The van der Waals surface area contributed by atoms with Crippen molar-refractivity contribution in [2.75, 3.05) is 5.32 Å². The first-order valence-electron chi connectivity index (χ1n) is 8.67. The predicted molar refractivity (Wildman–Crippen MR) is 114 cm³/mol. The molecular formula is C19H15ClN4O5S. The van der Waals surface area contributed by atoms with Gasteiger partial charge in [0, 0.05) is 23.1 Å². The number of nitrogens with zero attached hydrogens (tertiary/aromatic N) is 3. The number of hydrogen-bond donors (Lipinski definition) is 1. The third kappa shape index (κ3) is 4.44. The van der Waals surface area contributed by atoms with Crippen LogP contribution >= 0.6 is 22.9 Å². The highest BCUT2D eigenvalue weighted by molar-refractivity contribution is 7.14. The lowest BCUT2D eigenvalue weighted by Gasteiger charge is -2.05. The molecule has 3 rings (SSSR count). The van der Waals surface area contributed by atoms with E-state index in [1.54, 1.807) is 5.38 Å². The second-order valence-electron chi connectivity index (χ2n) is 6.61. The van der Waals surface area contributed by atoms with Crippen molar-refractivity contribution in [2.45, 2.75) is 19.8 Å². The number of rotatable bonds is 6. The van der Waals surface area contributed by atoms with Crippen LogP contribution in [0.15, 0.2) is 41.8 Å². The van der Waals surface area contributed by atoms with Crippen molar-refractivity contribution in [3.8, 4) is 11.3 Å². The van der Waals surface area contributed by atoms with E-state index in [4.69, 9.17) is 11.6 Å². The van der Waals surface area contributed by atoms with Gasteiger partial charge in [-0.1, -0.05) is 49.7 Å². The molecule has 0 saturated heterocycles. The molecule has 0 unspecified atom stereocenters. The highest BCUT2D eigenvalue weighted by Crippen LogP contribution is 2.35. The molecule has 11 heteroatoms. The summed E-state index contributed by atoms with van der Waals surface area (Å²) >= 11 is 6.88. The highest BCUT2D eigenvalue weighted by Gasteiger charge is 2.27. The fourth-order valence-electron chi connectivity index (χ4n) is 2.66. The number of anilines is 1. The van der Waals surface area contributed by atoms with E-state index >= 15 is 0 Å². The van der Waals surface area contributed by atoms with E-state index in [2.05, 4.69) is 24.1 Å². The molecule has 3 aromatic rings. The minimum absolute atomic E-state index is 0.253. The summed E-state index contributed by atoms with van der Waals surface area (Å²) in [5, 5.41) is 26.1. The summed E-state index contributed by atoms with van der Waals surface area (Å²) in [5.74, 6) is -0.370. The van der Waals surface area contributed by atoms with Gasteiger partial charge in [0.15, 0.2) is 10.2 Å². The molecule has 0 fully saturated rings. The minimum Gasteiger partial charge on any atom is -0.298 e. The number of nitro benzene ring substituents is 2. The van der Waals surface area contributed by atoms with E-state index in [1.165, 1.54) is 16.9 Å². The summed E-state index contributed by atoms with van der Waals surface area (Å²) in [5.41, 5.74) is 0.999. The average molecular weight is 447 g/mol. The van der Waals surface area contributed by atoms with Crippen LogP contribution in [0.5, 0.6) is 0 Å². The normalized spacial score (nSPS) is 10.8. The molecule has 0 bridgehead atoms. The van der Waals surface area contributed by atoms with Gasteiger partial charge >= 0.3 is 0 Å². The SMILES string of the molecule is CC(C)c1ccc(-c2csc(NC(=O)c3cc([N+](=O)[O-])c(Cl)c([N+](=O)[O-])c3)n2)cc1. The van der Waals surface area contributed by atoms with Crippen molar-refractivity contribution < 1.29 is 14.6 Å². The number of hydrogen-bond acceptors (Lipinski definition) is 7. The monoisotopic (exact) mass is 446 g/mol. The molecule has 1 heterocycles. The molecule has 0 saturated carbocycles. The van der Waals surface area contributed by atoms with Gasteiger partial charge in [0.2, 0.25) is 0 Å². The summed E-state index contributed by atoms with van der Waals surface area (Å²) < 4.78 is 0. The van der Waals surface area contributed by atoms with Gasteiger partial charge < -0.3 is 0 Å². The number of amides is 1. The Morgan fingerprint density at radius 1 is 1.10 bits per heavy atom. The van der Waals surface area contributed by atoms with Crippen LogP contribution in [0.25, 0.3) is 11.3 Å². The number of aromatic nitrogens is 1. The number of benzene rings is 2. The van der Waals surface area contributed by atoms with Crippen LogP contribution in [0.4, 0.5) is 16.5 Å². The maximum absolute atomic E-state index is 12.5. The molecule has 0 spiro atoms. The number of thiazole rings is 1. The largest absolute Gasteiger partial charge is 0.298 e. The highest BCUT2D eigenvalue weighted by atomic mass is 35.5. The average Bonchev–Trinajstić information content (AvgIpc) is 3.16. The first-order chi connectivity index (χ1) is 14.2. The van der Waals surface area contributed by atoms with Gasteiger partial charge in [-0.05, 0) is 11.5 Å². The van der Waals surface area contributed by atoms with E-state index in [-0.39, 0.29) is 10.7 Å². The molecule has 9 nitrogen and oxygen atoms in total. The van der Waals surface area contributed by atoms with Crippen LogP contribution < -0.4 is 5.32 Å². The van der Waals surface area contributed by atoms with Crippen LogP contribution in [-0.4, -0.2) is 20.7 Å². The maximum Gasteiger partial charge on any atom is 0.295 e. The Labute approximate surface area is 179 Å². The van der Waals surface area contributed by atoms with Gasteiger partial charge in [0.1, 0.15) is 0 Å². The lowest BCUT2D eigenvalue weighted by molar-refractivity contribution is -0.393. The zero-order valence-corrected chi connectivity index (χ0v) is 17.4. The van der Waals surface area contributed by atoms with E-state index < -0.39 is 32.2 Å². The molecule has 0 radical (unpaired) electrons. The Kier molecular flexibility index (Phi) is 6.09. The third-order valence-electron chi connectivity index (χ3n) is 4.29. The van der Waals surface area contributed by atoms with Crippen molar-refractivity contribution in [1.29, 1.82) is 0 Å². The molecule has 1 amide bonds. The van der Waals surface area contributed by atoms with E-state index in [0.29, 0.717) is 11.6 Å². The molecule has 1 N–H and O–H groups in total. The number of carbonyl (C=O) groups excluding carboxylic acids is 1. The zero-order valence-electron chi connectivity index (χ0n) is 15.8. The van der Waals surface area contributed by atoms with Crippen LogP contribution in [-0.2, 0) is 0 Å². The summed E-state index contributed by atoms with van der Waals surface area (Å²) in [7, 11) is 0. The van der Waals surface area contributed by atoms with Crippen molar-refractivity contribution in [3.05, 3.63) is 78.2 Å². The summed E-state index contributed by atoms with van der Waals surface area (Å²) in [6, 6.07) is 9.66. The number of carbonyl (C=O) groups is 1. The summed E-state index contributed by atoms with van der Waals surface area (Å²) in [6.07, 6.45) is 0. The third-order valence-corrected chi connectivity index (χ3v) is 5.43. The second kappa shape index (κ2) is 8.56. The number of nitrogens with one attached hydrogen (secondary N) is 1. The van der Waals surface area contributed by atoms with Crippen molar-refractivity contribution in [3.63, 3.8) is 0 Å². The second-order valence-corrected chi connectivity index (χ2v) is 7.85. The lowest BCUT2D eigenvalue weighted by Crippen LogP contribution is -2.12. The topological polar surface area (TPSA) is 128 Å². The van der Waals surface area contributed by atoms with E-state index in [0.717, 1.165) is 17.7 Å². The fourth-order valence-corrected chi connectivity index (χ4v) is 3.62. The Bertz CT molecular complexity index is 1110. The quantitative estimate of drug-likeness (QED) is 0.384. The smallest absolute Gasteiger partial charge is 0.295 e. The maximum atomic E-state index is 12.5. The van der Waals surface area contributed by atoms with Gasteiger partial charge in [-0.2, -0.15) is 0 Å². The molecule has 30 heavy (non-hydrogen) atoms. The Hall–Kier alpha value is -3.37. The molecular weight excluding hydrogens is 432 g/mol. The van der Waals surface area contributed by atoms with Gasteiger partial charge in [-0.25, -0.2) is 4.98 Å². The summed E-state index contributed by atoms with van der Waals surface area (Å²) in [4.78, 5) is 37.3. The standard InChI is InChI=1S/C19H15ClN4O5S/c1-10(2)11-3-5-12(6-4-11)14-9-30-19(21-14)22-18(25)13-7-15(23(26)27)17(20)16(8-13)24(28)29/h3-10H,1-2H3,(H,21,22,25). The Morgan fingerprint density at radius 2 is 1.67 bits per heavy atom. The Morgan fingerprint density at radius 3 is 2.17 bits per heavy atom. The van der Waals surface area contributed by atoms with E-state index in [1.807, 2.05) is 24.3 Å². The van der Waals surface area contributed by atoms with Crippen LogP contribution in [0.3, 0.4) is 0 Å². The van der Waals surface area contributed by atoms with E-state index in [9.17, 15) is 25.0 Å². The molecule has 0 aliphatic carbocycles. The molecule has 0 atom stereocenters. The van der Waals surface area contributed by atoms with Gasteiger partial charge in [0.25, 0.3) is 17.3 Å². The van der Waals surface area contributed by atoms with Crippen molar-refractivity contribution in [2.24, 2.45) is 0 Å².